The number of hydrogen-bond acceptors (Lipinski definition) is 2. The van der Waals surface area contributed by atoms with Gasteiger partial charge < -0.3 is 9.79 Å². The summed E-state index contributed by atoms with van der Waals surface area (Å²) in [5.74, 6) is 0. The van der Waals surface area contributed by atoms with E-state index in [1.165, 1.54) is 31.7 Å². The molecule has 0 aliphatic heterocycles. The lowest BCUT2D eigenvalue weighted by Gasteiger charge is -2.01. The summed E-state index contributed by atoms with van der Waals surface area (Å²) in [5, 5.41) is 3.93. The van der Waals surface area contributed by atoms with Crippen molar-refractivity contribution in [2.75, 3.05) is 0 Å². The van der Waals surface area contributed by atoms with Gasteiger partial charge in [0.1, 0.15) is 5.30 Å². The van der Waals surface area contributed by atoms with Crippen molar-refractivity contribution >= 4 is 12.9 Å². The Morgan fingerprint density at radius 2 is 2.00 bits per heavy atom. The zero-order chi connectivity index (χ0) is 12.0. The Balaban J connectivity index is 2.33. The minimum absolute atomic E-state index is 0.000980. The molecule has 0 atom stereocenters. The van der Waals surface area contributed by atoms with Crippen molar-refractivity contribution in [2.45, 2.75) is 45.6 Å². The van der Waals surface area contributed by atoms with Gasteiger partial charge in [-0.05, 0) is 6.42 Å². The van der Waals surface area contributed by atoms with E-state index in [1.54, 1.807) is 4.68 Å². The quantitative estimate of drug-likeness (QED) is 0.566. The van der Waals surface area contributed by atoms with Crippen molar-refractivity contribution in [2.24, 2.45) is 0 Å². The molecule has 1 aromatic heterocycles. The number of hydrogen-bond donors (Lipinski definition) is 2. The average Bonchev–Trinajstić information content (AvgIpc) is 2.65. The third-order valence-electron chi connectivity index (χ3n) is 2.45. The third kappa shape index (κ3) is 4.47. The van der Waals surface area contributed by atoms with Gasteiger partial charge in [-0.1, -0.05) is 32.6 Å². The fraction of sp³-hybridized carbons (Fsp3) is 0.700. The van der Waals surface area contributed by atoms with Gasteiger partial charge in [-0.3, -0.25) is 9.25 Å². The molecule has 1 aromatic rings. The van der Waals surface area contributed by atoms with E-state index >= 15 is 0 Å². The van der Waals surface area contributed by atoms with E-state index in [0.29, 0.717) is 0 Å². The maximum absolute atomic E-state index is 10.9. The topological polar surface area (TPSA) is 75.4 Å². The fourth-order valence-electron chi connectivity index (χ4n) is 1.50. The molecule has 0 aliphatic carbocycles. The van der Waals surface area contributed by atoms with Gasteiger partial charge in [0.2, 0.25) is 0 Å². The largest absolute Gasteiger partial charge is 0.359 e. The maximum Gasteiger partial charge on any atom is 0.359 e. The van der Waals surface area contributed by atoms with E-state index in [9.17, 15) is 4.57 Å². The summed E-state index contributed by atoms with van der Waals surface area (Å²) in [7, 11) is -4.13. The second kappa shape index (κ2) is 6.18. The Morgan fingerprint density at radius 1 is 1.31 bits per heavy atom. The number of rotatable bonds is 7. The van der Waals surface area contributed by atoms with Gasteiger partial charge in [0.15, 0.2) is 0 Å². The van der Waals surface area contributed by atoms with Gasteiger partial charge in [-0.15, -0.1) is 0 Å². The van der Waals surface area contributed by atoms with Crippen LogP contribution in [0.1, 0.15) is 39.0 Å². The number of aryl methyl sites for hydroxylation is 1. The molecule has 16 heavy (non-hydrogen) atoms. The summed E-state index contributed by atoms with van der Waals surface area (Å²) in [6, 6.07) is 0. The molecule has 92 valence electrons. The Morgan fingerprint density at radius 3 is 2.56 bits per heavy atom. The number of unbranched alkanes of at least 4 members (excludes halogenated alkanes) is 4. The van der Waals surface area contributed by atoms with Gasteiger partial charge in [-0.2, -0.15) is 5.10 Å². The molecule has 0 fully saturated rings. The lowest BCUT2D eigenvalue weighted by Crippen LogP contribution is -2.02. The zero-order valence-corrected chi connectivity index (χ0v) is 10.4. The minimum Gasteiger partial charge on any atom is -0.321 e. The lowest BCUT2D eigenvalue weighted by atomic mass is 10.1. The highest BCUT2D eigenvalue weighted by atomic mass is 31.2. The molecule has 0 amide bonds. The summed E-state index contributed by atoms with van der Waals surface area (Å²) in [6.45, 7) is 2.89. The van der Waals surface area contributed by atoms with E-state index in [-0.39, 0.29) is 5.30 Å². The van der Waals surface area contributed by atoms with Crippen LogP contribution >= 0.6 is 7.60 Å². The van der Waals surface area contributed by atoms with Crippen LogP contribution in [0.4, 0.5) is 0 Å². The summed E-state index contributed by atoms with van der Waals surface area (Å²) < 4.78 is 12.5. The van der Waals surface area contributed by atoms with Crippen molar-refractivity contribution in [3.8, 4) is 0 Å². The van der Waals surface area contributed by atoms with E-state index in [1.807, 2.05) is 0 Å². The first-order chi connectivity index (χ1) is 7.54. The fourth-order valence-corrected chi connectivity index (χ4v) is 1.99. The molecule has 2 N–H and O–H groups in total. The van der Waals surface area contributed by atoms with Gasteiger partial charge in [-0.25, -0.2) is 0 Å². The first kappa shape index (κ1) is 13.4. The molecule has 6 heteroatoms. The third-order valence-corrected chi connectivity index (χ3v) is 3.35. The summed E-state index contributed by atoms with van der Waals surface area (Å²) in [6.07, 6.45) is 8.48. The van der Waals surface area contributed by atoms with Crippen LogP contribution in [-0.4, -0.2) is 19.6 Å². The van der Waals surface area contributed by atoms with E-state index < -0.39 is 7.60 Å². The molecule has 1 rings (SSSR count). The summed E-state index contributed by atoms with van der Waals surface area (Å²) >= 11 is 0. The number of nitrogens with zero attached hydrogens (tertiary/aromatic N) is 2. The Labute approximate surface area is 95.6 Å². The van der Waals surface area contributed by atoms with Crippen LogP contribution in [-0.2, 0) is 11.1 Å². The molecule has 1 heterocycles. The van der Waals surface area contributed by atoms with Gasteiger partial charge in [0.25, 0.3) is 0 Å². The first-order valence-electron chi connectivity index (χ1n) is 5.62. The summed E-state index contributed by atoms with van der Waals surface area (Å²) in [4.78, 5) is 17.8. The molecule has 5 nitrogen and oxygen atoms in total. The molecule has 0 aromatic carbocycles. The van der Waals surface area contributed by atoms with E-state index in [0.717, 1.165) is 19.4 Å². The summed E-state index contributed by atoms with van der Waals surface area (Å²) in [5.41, 5.74) is 0. The monoisotopic (exact) mass is 246 g/mol. The number of aromatic nitrogens is 2. The van der Waals surface area contributed by atoms with Crippen molar-refractivity contribution in [3.05, 3.63) is 12.4 Å². The van der Waals surface area contributed by atoms with Crippen molar-refractivity contribution in [1.29, 1.82) is 0 Å². The van der Waals surface area contributed by atoms with Crippen LogP contribution in [0.3, 0.4) is 0 Å². The van der Waals surface area contributed by atoms with Crippen LogP contribution in [0, 0.1) is 0 Å². The standard InChI is InChI=1S/C10H19N2O3P/c1-2-3-4-5-6-7-12-9-10(8-11-12)16(13,14)15/h8-9H,2-7H2,1H3,(H2,13,14,15). The van der Waals surface area contributed by atoms with Crippen LogP contribution in [0.2, 0.25) is 0 Å². The second-order valence-corrected chi connectivity index (χ2v) is 5.52. The van der Waals surface area contributed by atoms with Crippen LogP contribution in [0.25, 0.3) is 0 Å². The second-order valence-electron chi connectivity index (χ2n) is 3.92. The van der Waals surface area contributed by atoms with Crippen molar-refractivity contribution < 1.29 is 14.4 Å². The first-order valence-corrected chi connectivity index (χ1v) is 7.24. The molecule has 0 saturated heterocycles. The van der Waals surface area contributed by atoms with Crippen LogP contribution < -0.4 is 5.30 Å². The molecule has 0 saturated carbocycles. The van der Waals surface area contributed by atoms with Gasteiger partial charge in [0, 0.05) is 12.7 Å². The normalized spacial score (nSPS) is 11.9. The molecule has 0 bridgehead atoms. The average molecular weight is 246 g/mol. The van der Waals surface area contributed by atoms with E-state index in [4.69, 9.17) is 9.79 Å². The lowest BCUT2D eigenvalue weighted by molar-refractivity contribution is 0.387. The predicted molar refractivity (Wildman–Crippen MR) is 62.7 cm³/mol. The Hall–Kier alpha value is -0.640. The van der Waals surface area contributed by atoms with Crippen molar-refractivity contribution in [3.63, 3.8) is 0 Å². The molecule has 0 unspecified atom stereocenters. The highest BCUT2D eigenvalue weighted by Gasteiger charge is 2.18. The van der Waals surface area contributed by atoms with Crippen LogP contribution in [0.15, 0.2) is 12.4 Å². The van der Waals surface area contributed by atoms with Gasteiger partial charge >= 0.3 is 7.60 Å². The maximum atomic E-state index is 10.9. The SMILES string of the molecule is CCCCCCCn1cc(P(=O)(O)O)cn1. The smallest absolute Gasteiger partial charge is 0.321 e. The molecule has 0 radical (unpaired) electrons. The van der Waals surface area contributed by atoms with Crippen molar-refractivity contribution in [1.82, 2.24) is 9.78 Å². The molecule has 0 aliphatic rings. The minimum atomic E-state index is -4.13. The Kier molecular flexibility index (Phi) is 5.19. The molecular weight excluding hydrogens is 227 g/mol. The molecular formula is C10H19N2O3P. The zero-order valence-electron chi connectivity index (χ0n) is 9.54. The predicted octanol–water partition coefficient (Wildman–Crippen LogP) is 1.66. The van der Waals surface area contributed by atoms with Crippen LogP contribution in [0.5, 0.6) is 0 Å². The highest BCUT2D eigenvalue weighted by Crippen LogP contribution is 2.32. The molecule has 0 spiro atoms. The highest BCUT2D eigenvalue weighted by molar-refractivity contribution is 7.60. The van der Waals surface area contributed by atoms with Gasteiger partial charge in [0.05, 0.1) is 6.20 Å². The Bertz CT molecular complexity index is 359. The van der Waals surface area contributed by atoms with E-state index in [2.05, 4.69) is 12.0 Å².